The van der Waals surface area contributed by atoms with Gasteiger partial charge in [-0.1, -0.05) is 0 Å². The maximum absolute atomic E-state index is 12.8. The number of carbonyl (C=O) groups excluding carboxylic acids is 2. The molecular formula is C16H19FN2O6S. The zero-order valence-electron chi connectivity index (χ0n) is 13.9. The Bertz CT molecular complexity index is 785. The molecule has 26 heavy (non-hydrogen) atoms. The van der Waals surface area contributed by atoms with Gasteiger partial charge in [-0.25, -0.2) is 12.8 Å². The first kappa shape index (κ1) is 19.8. The van der Waals surface area contributed by atoms with E-state index in [1.54, 1.807) is 0 Å². The molecule has 0 atom stereocenters. The Morgan fingerprint density at radius 1 is 1.12 bits per heavy atom. The SMILES string of the molecule is O=C(CS(=O)(=O)CC(=O)N1CCC(C(=O)O)CC1)Nc1ccc(F)cc1. The monoisotopic (exact) mass is 386 g/mol. The Morgan fingerprint density at radius 2 is 1.69 bits per heavy atom. The third-order valence-corrected chi connectivity index (χ3v) is 5.41. The number of hydrogen-bond acceptors (Lipinski definition) is 5. The number of carboxylic acids is 1. The molecule has 0 saturated carbocycles. The third kappa shape index (κ3) is 5.80. The summed E-state index contributed by atoms with van der Waals surface area (Å²) in [5.74, 6) is -5.12. The number of nitrogens with zero attached hydrogens (tertiary/aromatic N) is 1. The molecule has 0 radical (unpaired) electrons. The van der Waals surface area contributed by atoms with E-state index in [0.717, 1.165) is 12.1 Å². The summed E-state index contributed by atoms with van der Waals surface area (Å²) in [5.41, 5.74) is 0.244. The lowest BCUT2D eigenvalue weighted by Crippen LogP contribution is -2.43. The smallest absolute Gasteiger partial charge is 0.306 e. The Balaban J connectivity index is 1.85. The highest BCUT2D eigenvalue weighted by molar-refractivity contribution is 7.92. The van der Waals surface area contributed by atoms with Gasteiger partial charge in [-0.2, -0.15) is 0 Å². The number of hydrogen-bond donors (Lipinski definition) is 2. The zero-order valence-corrected chi connectivity index (χ0v) is 14.7. The fraction of sp³-hybridized carbons (Fsp3) is 0.438. The molecule has 1 fully saturated rings. The molecule has 1 aliphatic rings. The molecule has 10 heteroatoms. The van der Waals surface area contributed by atoms with Crippen molar-refractivity contribution in [3.05, 3.63) is 30.1 Å². The standard InChI is InChI=1S/C16H19FN2O6S/c17-12-1-3-13(4-2-12)18-14(20)9-26(24,25)10-15(21)19-7-5-11(6-8-19)16(22)23/h1-4,11H,5-10H2,(H,18,20)(H,22,23). The van der Waals surface area contributed by atoms with Crippen LogP contribution in [0.15, 0.2) is 24.3 Å². The number of rotatable bonds is 6. The zero-order chi connectivity index (χ0) is 19.3. The summed E-state index contributed by atoms with van der Waals surface area (Å²) in [6.45, 7) is 0.347. The van der Waals surface area contributed by atoms with Crippen LogP contribution in [-0.2, 0) is 24.2 Å². The number of sulfone groups is 1. The molecule has 0 bridgehead atoms. The van der Waals surface area contributed by atoms with Crippen LogP contribution in [0.3, 0.4) is 0 Å². The first-order chi connectivity index (χ1) is 12.2. The Hall–Kier alpha value is -2.49. The van der Waals surface area contributed by atoms with Gasteiger partial charge in [-0.3, -0.25) is 14.4 Å². The van der Waals surface area contributed by atoms with E-state index in [2.05, 4.69) is 5.32 Å². The van der Waals surface area contributed by atoms with Gasteiger partial charge in [0.1, 0.15) is 17.3 Å². The van der Waals surface area contributed by atoms with Crippen molar-refractivity contribution in [1.82, 2.24) is 4.90 Å². The lowest BCUT2D eigenvalue weighted by Gasteiger charge is -2.30. The summed E-state index contributed by atoms with van der Waals surface area (Å²) in [5, 5.41) is 11.2. The van der Waals surface area contributed by atoms with Crippen molar-refractivity contribution >= 4 is 33.3 Å². The van der Waals surface area contributed by atoms with Gasteiger partial charge in [0, 0.05) is 18.8 Å². The van der Waals surface area contributed by atoms with Crippen LogP contribution in [0.4, 0.5) is 10.1 Å². The number of likely N-dealkylation sites (tertiary alicyclic amines) is 1. The number of carboxylic acid groups (broad SMARTS) is 1. The average Bonchev–Trinajstić information content (AvgIpc) is 2.56. The van der Waals surface area contributed by atoms with Gasteiger partial charge in [0.05, 0.1) is 5.92 Å². The molecule has 0 aromatic heterocycles. The molecule has 1 saturated heterocycles. The molecule has 1 aliphatic heterocycles. The van der Waals surface area contributed by atoms with Gasteiger partial charge >= 0.3 is 5.97 Å². The maximum atomic E-state index is 12.8. The number of nitrogens with one attached hydrogen (secondary N) is 1. The summed E-state index contributed by atoms with van der Waals surface area (Å²) in [6.07, 6.45) is 0.540. The summed E-state index contributed by atoms with van der Waals surface area (Å²) >= 11 is 0. The molecule has 1 aromatic carbocycles. The summed E-state index contributed by atoms with van der Waals surface area (Å²) in [6, 6.07) is 4.82. The van der Waals surface area contributed by atoms with Crippen LogP contribution in [-0.4, -0.2) is 60.8 Å². The van der Waals surface area contributed by atoms with E-state index >= 15 is 0 Å². The van der Waals surface area contributed by atoms with Gasteiger partial charge in [-0.15, -0.1) is 0 Å². The summed E-state index contributed by atoms with van der Waals surface area (Å²) in [7, 11) is -3.98. The summed E-state index contributed by atoms with van der Waals surface area (Å²) < 4.78 is 36.9. The second kappa shape index (κ2) is 8.26. The fourth-order valence-corrected chi connectivity index (χ4v) is 3.77. The highest BCUT2D eigenvalue weighted by Gasteiger charge is 2.29. The van der Waals surface area contributed by atoms with Crippen LogP contribution in [0.2, 0.25) is 0 Å². The van der Waals surface area contributed by atoms with Gasteiger partial charge in [0.15, 0.2) is 9.84 Å². The highest BCUT2D eigenvalue weighted by atomic mass is 32.2. The van der Waals surface area contributed by atoms with Crippen LogP contribution in [0.1, 0.15) is 12.8 Å². The molecule has 8 nitrogen and oxygen atoms in total. The first-order valence-electron chi connectivity index (χ1n) is 7.93. The topological polar surface area (TPSA) is 121 Å². The molecule has 2 amide bonds. The molecule has 1 heterocycles. The number of amides is 2. The van der Waals surface area contributed by atoms with Crippen molar-refractivity contribution in [2.24, 2.45) is 5.92 Å². The van der Waals surface area contributed by atoms with Gasteiger partial charge < -0.3 is 15.3 Å². The number of halogens is 1. The van der Waals surface area contributed by atoms with Crippen LogP contribution in [0.5, 0.6) is 0 Å². The van der Waals surface area contributed by atoms with E-state index in [-0.39, 0.29) is 31.6 Å². The minimum Gasteiger partial charge on any atom is -0.481 e. The highest BCUT2D eigenvalue weighted by Crippen LogP contribution is 2.17. The quantitative estimate of drug-likeness (QED) is 0.735. The van der Waals surface area contributed by atoms with E-state index in [9.17, 15) is 27.2 Å². The first-order valence-corrected chi connectivity index (χ1v) is 9.75. The van der Waals surface area contributed by atoms with Crippen molar-refractivity contribution in [3.63, 3.8) is 0 Å². The maximum Gasteiger partial charge on any atom is 0.306 e. The van der Waals surface area contributed by atoms with Crippen LogP contribution >= 0.6 is 0 Å². The third-order valence-electron chi connectivity index (χ3n) is 4.02. The van der Waals surface area contributed by atoms with Crippen molar-refractivity contribution in [3.8, 4) is 0 Å². The predicted molar refractivity (Wildman–Crippen MR) is 90.6 cm³/mol. The molecule has 0 aliphatic carbocycles. The molecule has 0 spiro atoms. The van der Waals surface area contributed by atoms with Crippen molar-refractivity contribution < 1.29 is 32.3 Å². The molecular weight excluding hydrogens is 367 g/mol. The van der Waals surface area contributed by atoms with Crippen LogP contribution in [0.25, 0.3) is 0 Å². The molecule has 1 aromatic rings. The Kier molecular flexibility index (Phi) is 6.30. The second-order valence-electron chi connectivity index (χ2n) is 6.08. The number of benzene rings is 1. The van der Waals surface area contributed by atoms with E-state index in [4.69, 9.17) is 5.11 Å². The van der Waals surface area contributed by atoms with Crippen molar-refractivity contribution in [1.29, 1.82) is 0 Å². The molecule has 142 valence electrons. The lowest BCUT2D eigenvalue weighted by atomic mass is 9.97. The number of anilines is 1. The number of aliphatic carboxylic acids is 1. The van der Waals surface area contributed by atoms with Crippen LogP contribution < -0.4 is 5.32 Å². The molecule has 2 N–H and O–H groups in total. The van der Waals surface area contributed by atoms with E-state index in [1.807, 2.05) is 0 Å². The van der Waals surface area contributed by atoms with Crippen LogP contribution in [0, 0.1) is 11.7 Å². The van der Waals surface area contributed by atoms with E-state index in [0.29, 0.717) is 0 Å². The second-order valence-corrected chi connectivity index (χ2v) is 8.15. The van der Waals surface area contributed by atoms with Gasteiger partial charge in [0.25, 0.3) is 0 Å². The molecule has 0 unspecified atom stereocenters. The van der Waals surface area contributed by atoms with Crippen molar-refractivity contribution in [2.45, 2.75) is 12.8 Å². The minimum atomic E-state index is -3.98. The predicted octanol–water partition coefficient (Wildman–Crippen LogP) is 0.502. The lowest BCUT2D eigenvalue weighted by molar-refractivity contribution is -0.145. The fourth-order valence-electron chi connectivity index (χ4n) is 2.64. The Morgan fingerprint density at radius 3 is 2.23 bits per heavy atom. The van der Waals surface area contributed by atoms with Crippen molar-refractivity contribution in [2.75, 3.05) is 29.9 Å². The van der Waals surface area contributed by atoms with Gasteiger partial charge in [-0.05, 0) is 37.1 Å². The number of piperidine rings is 1. The average molecular weight is 386 g/mol. The van der Waals surface area contributed by atoms with E-state index < -0.39 is 50.9 Å². The normalized spacial score (nSPS) is 15.5. The Labute approximate surface area is 149 Å². The molecule has 2 rings (SSSR count). The number of carbonyl (C=O) groups is 3. The minimum absolute atomic E-state index is 0.174. The van der Waals surface area contributed by atoms with E-state index in [1.165, 1.54) is 17.0 Å². The summed E-state index contributed by atoms with van der Waals surface area (Å²) in [4.78, 5) is 36.1. The largest absolute Gasteiger partial charge is 0.481 e. The van der Waals surface area contributed by atoms with Gasteiger partial charge in [0.2, 0.25) is 11.8 Å².